The lowest BCUT2D eigenvalue weighted by Crippen LogP contribution is -2.34. The van der Waals surface area contributed by atoms with Crippen LogP contribution >= 0.6 is 24.0 Å². The van der Waals surface area contributed by atoms with Gasteiger partial charge < -0.3 is 19.9 Å². The van der Waals surface area contributed by atoms with Gasteiger partial charge in [-0.05, 0) is 73.6 Å². The minimum atomic E-state index is -0.601. The number of fused-ring (bicyclic) bond motifs is 1. The second-order valence-electron chi connectivity index (χ2n) is 7.30. The fourth-order valence-electron chi connectivity index (χ4n) is 3.66. The zero-order chi connectivity index (χ0) is 20.6. The highest BCUT2D eigenvalue weighted by molar-refractivity contribution is 6.30. The molecule has 0 radical (unpaired) electrons. The molecule has 1 aliphatic carbocycles. The van der Waals surface area contributed by atoms with E-state index in [9.17, 15) is 9.90 Å². The van der Waals surface area contributed by atoms with Crippen molar-refractivity contribution in [3.8, 4) is 5.75 Å². The van der Waals surface area contributed by atoms with E-state index in [1.165, 1.54) is 11.1 Å². The number of aliphatic hydroxyl groups is 1. The van der Waals surface area contributed by atoms with Crippen LogP contribution in [0, 0.1) is 0 Å². The van der Waals surface area contributed by atoms with E-state index in [1.807, 2.05) is 24.3 Å². The molecule has 30 heavy (non-hydrogen) atoms. The summed E-state index contributed by atoms with van der Waals surface area (Å²) in [5.41, 5.74) is 3.35. The van der Waals surface area contributed by atoms with Gasteiger partial charge >= 0.3 is 5.97 Å². The van der Waals surface area contributed by atoms with Crippen LogP contribution < -0.4 is 10.1 Å². The first-order chi connectivity index (χ1) is 14.0. The SMILES string of the molecule is CCOC(=O)COc1ccc2c(c1)C[C@H](NC[C@H](O)c1cccc(Cl)c1)CCC2.Cl. The van der Waals surface area contributed by atoms with Crippen molar-refractivity contribution in [2.24, 2.45) is 0 Å². The van der Waals surface area contributed by atoms with Gasteiger partial charge in [-0.1, -0.05) is 29.8 Å². The van der Waals surface area contributed by atoms with Crippen LogP contribution in [0.4, 0.5) is 0 Å². The normalized spacial score (nSPS) is 16.6. The van der Waals surface area contributed by atoms with E-state index in [0.29, 0.717) is 23.9 Å². The molecule has 0 saturated heterocycles. The van der Waals surface area contributed by atoms with Gasteiger partial charge in [0.1, 0.15) is 5.75 Å². The van der Waals surface area contributed by atoms with Crippen LogP contribution in [0.3, 0.4) is 0 Å². The van der Waals surface area contributed by atoms with Gasteiger partial charge in [-0.3, -0.25) is 0 Å². The number of nitrogens with one attached hydrogen (secondary N) is 1. The molecule has 2 aromatic rings. The Hall–Kier alpha value is -1.79. The Morgan fingerprint density at radius 2 is 2.10 bits per heavy atom. The molecular weight excluding hydrogens is 425 g/mol. The van der Waals surface area contributed by atoms with Gasteiger partial charge in [0.25, 0.3) is 0 Å². The zero-order valence-electron chi connectivity index (χ0n) is 17.1. The predicted molar refractivity (Wildman–Crippen MR) is 121 cm³/mol. The van der Waals surface area contributed by atoms with Crippen LogP contribution in [-0.4, -0.2) is 36.9 Å². The number of hydrogen-bond donors (Lipinski definition) is 2. The fraction of sp³-hybridized carbons (Fsp3) is 0.435. The molecule has 0 fully saturated rings. The molecular formula is C23H29Cl2NO4. The Morgan fingerprint density at radius 3 is 2.87 bits per heavy atom. The van der Waals surface area contributed by atoms with Crippen LogP contribution in [0.2, 0.25) is 5.02 Å². The van der Waals surface area contributed by atoms with E-state index in [0.717, 1.165) is 31.2 Å². The molecule has 1 aliphatic rings. The van der Waals surface area contributed by atoms with Crippen molar-refractivity contribution in [1.29, 1.82) is 0 Å². The Bertz CT molecular complexity index is 831. The third-order valence-electron chi connectivity index (χ3n) is 5.14. The second kappa shape index (κ2) is 12.2. The number of esters is 1. The number of carbonyl (C=O) groups excluding carboxylic acids is 1. The first-order valence-electron chi connectivity index (χ1n) is 10.1. The summed E-state index contributed by atoms with van der Waals surface area (Å²) >= 11 is 6.02. The van der Waals surface area contributed by atoms with E-state index < -0.39 is 6.10 Å². The predicted octanol–water partition coefficient (Wildman–Crippen LogP) is 4.27. The average molecular weight is 454 g/mol. The lowest BCUT2D eigenvalue weighted by molar-refractivity contribution is -0.145. The highest BCUT2D eigenvalue weighted by Crippen LogP contribution is 2.26. The molecule has 5 nitrogen and oxygen atoms in total. The summed E-state index contributed by atoms with van der Waals surface area (Å²) in [6.07, 6.45) is 3.39. The zero-order valence-corrected chi connectivity index (χ0v) is 18.7. The quantitative estimate of drug-likeness (QED) is 0.461. The van der Waals surface area contributed by atoms with Gasteiger partial charge in [-0.25, -0.2) is 4.79 Å². The maximum atomic E-state index is 11.5. The van der Waals surface area contributed by atoms with Crippen LogP contribution in [-0.2, 0) is 22.4 Å². The van der Waals surface area contributed by atoms with Crippen LogP contribution in [0.1, 0.15) is 42.6 Å². The molecule has 2 aromatic carbocycles. The van der Waals surface area contributed by atoms with Gasteiger partial charge in [0.2, 0.25) is 0 Å². The maximum Gasteiger partial charge on any atom is 0.344 e. The Balaban J connectivity index is 0.00000320. The molecule has 0 bridgehead atoms. The summed E-state index contributed by atoms with van der Waals surface area (Å²) in [6.45, 7) is 2.51. The average Bonchev–Trinajstić information content (AvgIpc) is 2.92. The van der Waals surface area contributed by atoms with Crippen molar-refractivity contribution < 1.29 is 19.4 Å². The Labute approximate surface area is 189 Å². The first kappa shape index (κ1) is 24.5. The number of ether oxygens (including phenoxy) is 2. The van der Waals surface area contributed by atoms with Gasteiger partial charge in [0.05, 0.1) is 12.7 Å². The van der Waals surface area contributed by atoms with Crippen LogP contribution in [0.5, 0.6) is 5.75 Å². The molecule has 0 spiro atoms. The van der Waals surface area contributed by atoms with E-state index in [2.05, 4.69) is 11.4 Å². The van der Waals surface area contributed by atoms with Crippen molar-refractivity contribution in [3.63, 3.8) is 0 Å². The topological polar surface area (TPSA) is 67.8 Å². The molecule has 7 heteroatoms. The standard InChI is InChI=1S/C23H28ClNO4.ClH/c1-2-28-23(27)15-29-21-10-9-16-5-4-8-20(12-18(16)13-21)25-14-22(26)17-6-3-7-19(24)11-17;/h3,6-7,9-11,13,20,22,25-26H,2,4-5,8,12,14-15H2,1H3;1H/t20-,22+;/m1./s1. The minimum Gasteiger partial charge on any atom is -0.482 e. The second-order valence-corrected chi connectivity index (χ2v) is 7.73. The van der Waals surface area contributed by atoms with Crippen molar-refractivity contribution in [2.75, 3.05) is 19.8 Å². The number of aliphatic hydroxyl groups excluding tert-OH is 1. The molecule has 2 N–H and O–H groups in total. The maximum absolute atomic E-state index is 11.5. The number of hydrogen-bond acceptors (Lipinski definition) is 5. The summed E-state index contributed by atoms with van der Waals surface area (Å²) in [7, 11) is 0. The summed E-state index contributed by atoms with van der Waals surface area (Å²) in [6, 6.07) is 13.6. The number of aryl methyl sites for hydroxylation is 1. The van der Waals surface area contributed by atoms with Crippen LogP contribution in [0.25, 0.3) is 0 Å². The molecule has 0 unspecified atom stereocenters. The van der Waals surface area contributed by atoms with Crippen LogP contribution in [0.15, 0.2) is 42.5 Å². The fourth-order valence-corrected chi connectivity index (χ4v) is 3.86. The van der Waals surface area contributed by atoms with E-state index in [1.54, 1.807) is 19.1 Å². The van der Waals surface area contributed by atoms with Gasteiger partial charge in [-0.2, -0.15) is 0 Å². The summed E-state index contributed by atoms with van der Waals surface area (Å²) < 4.78 is 10.5. The van der Waals surface area contributed by atoms with Crippen molar-refractivity contribution in [1.82, 2.24) is 5.32 Å². The molecule has 0 heterocycles. The van der Waals surface area contributed by atoms with Crippen molar-refractivity contribution >= 4 is 30.0 Å². The van der Waals surface area contributed by atoms with Gasteiger partial charge in [0.15, 0.2) is 6.61 Å². The van der Waals surface area contributed by atoms with Gasteiger partial charge in [-0.15, -0.1) is 12.4 Å². The number of halogens is 2. The third kappa shape index (κ3) is 7.17. The summed E-state index contributed by atoms with van der Waals surface area (Å²) in [4.78, 5) is 11.5. The summed E-state index contributed by atoms with van der Waals surface area (Å²) in [5, 5.41) is 14.6. The Morgan fingerprint density at radius 1 is 1.27 bits per heavy atom. The largest absolute Gasteiger partial charge is 0.482 e. The monoisotopic (exact) mass is 453 g/mol. The Kier molecular flexibility index (Phi) is 9.92. The molecule has 164 valence electrons. The van der Waals surface area contributed by atoms with Crippen molar-refractivity contribution in [3.05, 3.63) is 64.2 Å². The van der Waals surface area contributed by atoms with E-state index in [-0.39, 0.29) is 31.0 Å². The van der Waals surface area contributed by atoms with E-state index in [4.69, 9.17) is 21.1 Å². The van der Waals surface area contributed by atoms with Gasteiger partial charge in [0, 0.05) is 17.6 Å². The number of carbonyl (C=O) groups is 1. The highest BCUT2D eigenvalue weighted by atomic mass is 35.5. The third-order valence-corrected chi connectivity index (χ3v) is 5.37. The smallest absolute Gasteiger partial charge is 0.344 e. The minimum absolute atomic E-state index is 0. The molecule has 0 aliphatic heterocycles. The summed E-state index contributed by atoms with van der Waals surface area (Å²) in [5.74, 6) is 0.313. The lowest BCUT2D eigenvalue weighted by atomic mass is 10.0. The molecule has 0 amide bonds. The number of rotatable bonds is 8. The van der Waals surface area contributed by atoms with E-state index >= 15 is 0 Å². The first-order valence-corrected chi connectivity index (χ1v) is 10.5. The molecule has 2 atom stereocenters. The lowest BCUT2D eigenvalue weighted by Gasteiger charge is -2.20. The number of benzene rings is 2. The highest BCUT2D eigenvalue weighted by Gasteiger charge is 2.19. The molecule has 0 saturated carbocycles. The van der Waals surface area contributed by atoms with Crippen molar-refractivity contribution in [2.45, 2.75) is 44.8 Å². The molecule has 3 rings (SSSR count). The molecule has 0 aromatic heterocycles.